The van der Waals surface area contributed by atoms with Gasteiger partial charge in [-0.3, -0.25) is 0 Å². The van der Waals surface area contributed by atoms with Crippen molar-refractivity contribution in [3.8, 4) is 5.88 Å². The van der Waals surface area contributed by atoms with Crippen molar-refractivity contribution in [2.45, 2.75) is 19.4 Å². The zero-order valence-electron chi connectivity index (χ0n) is 11.8. The molecule has 0 bridgehead atoms. The highest BCUT2D eigenvalue weighted by Crippen LogP contribution is 2.14. The van der Waals surface area contributed by atoms with Gasteiger partial charge in [-0.1, -0.05) is 0 Å². The molecule has 1 unspecified atom stereocenters. The first-order valence-electron chi connectivity index (χ1n) is 6.64. The van der Waals surface area contributed by atoms with Gasteiger partial charge in [-0.15, -0.1) is 0 Å². The summed E-state index contributed by atoms with van der Waals surface area (Å²) >= 11 is 0. The highest BCUT2D eigenvalue weighted by atomic mass is 16.5. The van der Waals surface area contributed by atoms with Crippen molar-refractivity contribution in [3.63, 3.8) is 0 Å². The van der Waals surface area contributed by atoms with E-state index in [1.54, 1.807) is 19.6 Å². The van der Waals surface area contributed by atoms with Gasteiger partial charge in [0.1, 0.15) is 12.4 Å². The third kappa shape index (κ3) is 4.59. The number of methoxy groups -OCH3 is 1. The van der Waals surface area contributed by atoms with Crippen molar-refractivity contribution in [2.75, 3.05) is 25.6 Å². The van der Waals surface area contributed by atoms with Crippen LogP contribution in [-0.2, 0) is 11.2 Å². The van der Waals surface area contributed by atoms with Gasteiger partial charge in [0.15, 0.2) is 0 Å². The Hall–Kier alpha value is -2.01. The second-order valence-corrected chi connectivity index (χ2v) is 4.56. The Morgan fingerprint density at radius 2 is 2.20 bits per heavy atom. The first-order chi connectivity index (χ1) is 9.78. The summed E-state index contributed by atoms with van der Waals surface area (Å²) in [5.74, 6) is 1.57. The molecule has 0 radical (unpaired) electrons. The third-order valence-corrected chi connectivity index (χ3v) is 2.77. The fourth-order valence-corrected chi connectivity index (χ4v) is 1.85. The lowest BCUT2D eigenvalue weighted by atomic mass is 10.2. The molecule has 2 rings (SSSR count). The minimum absolute atomic E-state index is 0.267. The molecule has 2 aromatic rings. The quantitative estimate of drug-likeness (QED) is 0.751. The Bertz CT molecular complexity index is 482. The molecule has 0 fully saturated rings. The summed E-state index contributed by atoms with van der Waals surface area (Å²) in [5, 5.41) is 3.37. The zero-order valence-corrected chi connectivity index (χ0v) is 11.8. The first kappa shape index (κ1) is 14.4. The van der Waals surface area contributed by atoms with Crippen molar-refractivity contribution in [3.05, 3.63) is 42.5 Å². The van der Waals surface area contributed by atoms with Gasteiger partial charge in [-0.25, -0.2) is 4.98 Å². The molecule has 2 aromatic heterocycles. The van der Waals surface area contributed by atoms with E-state index in [1.165, 1.54) is 0 Å². The van der Waals surface area contributed by atoms with Gasteiger partial charge in [0, 0.05) is 25.6 Å². The summed E-state index contributed by atoms with van der Waals surface area (Å²) in [7, 11) is 1.64. The Morgan fingerprint density at radius 1 is 1.30 bits per heavy atom. The van der Waals surface area contributed by atoms with Crippen LogP contribution in [-0.4, -0.2) is 31.3 Å². The lowest BCUT2D eigenvalue weighted by Crippen LogP contribution is -2.17. The Morgan fingerprint density at radius 3 is 2.85 bits per heavy atom. The molecule has 0 saturated heterocycles. The van der Waals surface area contributed by atoms with E-state index in [0.29, 0.717) is 19.1 Å². The summed E-state index contributed by atoms with van der Waals surface area (Å²) in [6.45, 7) is 3.17. The minimum Gasteiger partial charge on any atom is -0.475 e. The summed E-state index contributed by atoms with van der Waals surface area (Å²) in [6.07, 6.45) is 4.29. The van der Waals surface area contributed by atoms with Gasteiger partial charge in [0.2, 0.25) is 5.88 Å². The van der Waals surface area contributed by atoms with Crippen LogP contribution in [0, 0.1) is 0 Å². The van der Waals surface area contributed by atoms with Crippen LogP contribution in [0.5, 0.6) is 5.88 Å². The van der Waals surface area contributed by atoms with Crippen molar-refractivity contribution >= 4 is 5.69 Å². The number of ether oxygens (including phenoxy) is 2. The molecule has 1 N–H and O–H groups in total. The topological polar surface area (TPSA) is 56.5 Å². The second-order valence-electron chi connectivity index (χ2n) is 4.56. The molecule has 0 aliphatic carbocycles. The predicted molar refractivity (Wildman–Crippen MR) is 77.1 cm³/mol. The lowest BCUT2D eigenvalue weighted by molar-refractivity contribution is 0.144. The van der Waals surface area contributed by atoms with E-state index in [0.717, 1.165) is 17.9 Å². The fraction of sp³-hybridized carbons (Fsp3) is 0.400. The summed E-state index contributed by atoms with van der Waals surface area (Å²) in [5.41, 5.74) is 0.961. The normalized spacial score (nSPS) is 12.1. The standard InChI is InChI=1S/C15H20N2O3/c1-12(10-14-4-3-7-19-14)17-13-5-6-15(16-11-13)20-9-8-18-2/h3-7,11-12,17H,8-10H2,1-2H3. The summed E-state index contributed by atoms with van der Waals surface area (Å²) in [6, 6.07) is 7.94. The number of pyridine rings is 1. The molecule has 108 valence electrons. The molecule has 1 atom stereocenters. The molecule has 0 aliphatic heterocycles. The van der Waals surface area contributed by atoms with Crippen LogP contribution in [0.2, 0.25) is 0 Å². The van der Waals surface area contributed by atoms with E-state index in [1.807, 2.05) is 24.3 Å². The second kappa shape index (κ2) is 7.55. The van der Waals surface area contributed by atoms with Crippen molar-refractivity contribution in [1.82, 2.24) is 4.98 Å². The maximum absolute atomic E-state index is 5.41. The molecular weight excluding hydrogens is 256 g/mol. The third-order valence-electron chi connectivity index (χ3n) is 2.77. The number of aromatic nitrogens is 1. The van der Waals surface area contributed by atoms with E-state index >= 15 is 0 Å². The largest absolute Gasteiger partial charge is 0.475 e. The van der Waals surface area contributed by atoms with Crippen LogP contribution in [0.4, 0.5) is 5.69 Å². The molecule has 5 heteroatoms. The lowest BCUT2D eigenvalue weighted by Gasteiger charge is -2.14. The van der Waals surface area contributed by atoms with E-state index in [-0.39, 0.29) is 6.04 Å². The fourth-order valence-electron chi connectivity index (χ4n) is 1.85. The van der Waals surface area contributed by atoms with E-state index in [9.17, 15) is 0 Å². The molecule has 2 heterocycles. The van der Waals surface area contributed by atoms with Crippen molar-refractivity contribution in [1.29, 1.82) is 0 Å². The van der Waals surface area contributed by atoms with Gasteiger partial charge in [-0.2, -0.15) is 0 Å². The zero-order chi connectivity index (χ0) is 14.2. The van der Waals surface area contributed by atoms with Crippen molar-refractivity contribution < 1.29 is 13.9 Å². The molecule has 5 nitrogen and oxygen atoms in total. The SMILES string of the molecule is COCCOc1ccc(NC(C)Cc2ccco2)cn1. The number of hydrogen-bond acceptors (Lipinski definition) is 5. The molecule has 0 amide bonds. The van der Waals surface area contributed by atoms with Gasteiger partial charge >= 0.3 is 0 Å². The maximum atomic E-state index is 5.41. The van der Waals surface area contributed by atoms with Gasteiger partial charge in [0.25, 0.3) is 0 Å². The molecule has 0 saturated carbocycles. The molecule has 0 spiro atoms. The van der Waals surface area contributed by atoms with Crippen LogP contribution in [0.15, 0.2) is 41.1 Å². The monoisotopic (exact) mass is 276 g/mol. The molecule has 0 aromatic carbocycles. The number of hydrogen-bond donors (Lipinski definition) is 1. The Balaban J connectivity index is 1.80. The average Bonchev–Trinajstić information content (AvgIpc) is 2.94. The average molecular weight is 276 g/mol. The molecular formula is C15H20N2O3. The van der Waals surface area contributed by atoms with Crippen molar-refractivity contribution in [2.24, 2.45) is 0 Å². The number of furan rings is 1. The molecule has 20 heavy (non-hydrogen) atoms. The smallest absolute Gasteiger partial charge is 0.213 e. The highest BCUT2D eigenvalue weighted by Gasteiger charge is 2.06. The number of nitrogens with one attached hydrogen (secondary N) is 1. The van der Waals surface area contributed by atoms with Gasteiger partial charge in [-0.05, 0) is 25.1 Å². The molecule has 0 aliphatic rings. The van der Waals surface area contributed by atoms with Crippen LogP contribution in [0.25, 0.3) is 0 Å². The van der Waals surface area contributed by atoms with E-state index in [2.05, 4.69) is 17.2 Å². The first-order valence-corrected chi connectivity index (χ1v) is 6.64. The highest BCUT2D eigenvalue weighted by molar-refractivity contribution is 5.43. The van der Waals surface area contributed by atoms with Gasteiger partial charge < -0.3 is 19.2 Å². The van der Waals surface area contributed by atoms with E-state index < -0.39 is 0 Å². The summed E-state index contributed by atoms with van der Waals surface area (Å²) < 4.78 is 15.7. The van der Waals surface area contributed by atoms with Crippen LogP contribution >= 0.6 is 0 Å². The number of nitrogens with zero attached hydrogens (tertiary/aromatic N) is 1. The van der Waals surface area contributed by atoms with Crippen LogP contribution in [0.3, 0.4) is 0 Å². The maximum Gasteiger partial charge on any atom is 0.213 e. The van der Waals surface area contributed by atoms with Crippen LogP contribution in [0.1, 0.15) is 12.7 Å². The number of rotatable bonds is 8. The minimum atomic E-state index is 0.267. The summed E-state index contributed by atoms with van der Waals surface area (Å²) in [4.78, 5) is 4.24. The Kier molecular flexibility index (Phi) is 5.43. The van der Waals surface area contributed by atoms with Crippen LogP contribution < -0.4 is 10.1 Å². The van der Waals surface area contributed by atoms with Gasteiger partial charge in [0.05, 0.1) is 24.8 Å². The number of anilines is 1. The van der Waals surface area contributed by atoms with E-state index in [4.69, 9.17) is 13.9 Å². The Labute approximate surface area is 118 Å². The predicted octanol–water partition coefficient (Wildman–Crippen LogP) is 2.74.